The van der Waals surface area contributed by atoms with Crippen LogP contribution in [0.25, 0.3) is 0 Å². The van der Waals surface area contributed by atoms with E-state index >= 15 is 0 Å². The highest BCUT2D eigenvalue weighted by Crippen LogP contribution is 2.33. The summed E-state index contributed by atoms with van der Waals surface area (Å²) in [6.45, 7) is 0. The second-order valence-electron chi connectivity index (χ2n) is 3.89. The minimum atomic E-state index is -3.97. The fraction of sp³-hybridized carbons (Fsp3) is 0. The lowest BCUT2D eigenvalue weighted by Gasteiger charge is -2.12. The Morgan fingerprint density at radius 1 is 1.10 bits per heavy atom. The molecule has 0 fully saturated rings. The molecule has 0 aliphatic carbocycles. The predicted molar refractivity (Wildman–Crippen MR) is 78.1 cm³/mol. The molecule has 0 heterocycles. The van der Waals surface area contributed by atoms with Gasteiger partial charge in [0, 0.05) is 0 Å². The monoisotopic (exact) mass is 334 g/mol. The van der Waals surface area contributed by atoms with Crippen molar-refractivity contribution >= 4 is 44.6 Å². The van der Waals surface area contributed by atoms with Crippen molar-refractivity contribution in [2.75, 3.05) is 10.5 Å². The molecule has 8 heteroatoms. The second-order valence-corrected chi connectivity index (χ2v) is 6.35. The van der Waals surface area contributed by atoms with E-state index < -0.39 is 15.8 Å². The summed E-state index contributed by atoms with van der Waals surface area (Å²) in [6.07, 6.45) is 0. The number of benzene rings is 2. The summed E-state index contributed by atoms with van der Waals surface area (Å²) >= 11 is 11.6. The molecule has 0 saturated heterocycles. The number of hydrogen-bond donors (Lipinski definition) is 2. The SMILES string of the molecule is Nc1ccccc1S(=O)(=O)Nc1c(Cl)cc(F)cc1Cl. The molecule has 0 amide bonds. The maximum absolute atomic E-state index is 13.1. The molecule has 2 rings (SSSR count). The third-order valence-corrected chi connectivity index (χ3v) is 4.47. The van der Waals surface area contributed by atoms with E-state index in [1.807, 2.05) is 0 Å². The zero-order chi connectivity index (χ0) is 14.9. The van der Waals surface area contributed by atoms with Gasteiger partial charge in [0.25, 0.3) is 10.0 Å². The van der Waals surface area contributed by atoms with E-state index in [-0.39, 0.29) is 26.3 Å². The Labute approximate surface area is 125 Å². The topological polar surface area (TPSA) is 72.2 Å². The van der Waals surface area contributed by atoms with Crippen LogP contribution in [-0.2, 0) is 10.0 Å². The van der Waals surface area contributed by atoms with Crippen LogP contribution >= 0.6 is 23.2 Å². The van der Waals surface area contributed by atoms with Crippen LogP contribution in [0.1, 0.15) is 0 Å². The van der Waals surface area contributed by atoms with Gasteiger partial charge in [-0.3, -0.25) is 4.72 Å². The van der Waals surface area contributed by atoms with Crippen molar-refractivity contribution in [2.45, 2.75) is 4.90 Å². The fourth-order valence-corrected chi connectivity index (χ4v) is 3.46. The first kappa shape index (κ1) is 14.9. The minimum Gasteiger partial charge on any atom is -0.398 e. The van der Waals surface area contributed by atoms with Gasteiger partial charge in [-0.25, -0.2) is 12.8 Å². The highest BCUT2D eigenvalue weighted by Gasteiger charge is 2.20. The van der Waals surface area contributed by atoms with Gasteiger partial charge in [0.2, 0.25) is 0 Å². The quantitative estimate of drug-likeness (QED) is 0.843. The largest absolute Gasteiger partial charge is 0.398 e. The van der Waals surface area contributed by atoms with E-state index in [0.29, 0.717) is 0 Å². The normalized spacial score (nSPS) is 11.3. The number of hydrogen-bond acceptors (Lipinski definition) is 3. The molecule has 0 saturated carbocycles. The molecule has 0 unspecified atom stereocenters. The third-order valence-electron chi connectivity index (χ3n) is 2.45. The van der Waals surface area contributed by atoms with Crippen LogP contribution < -0.4 is 10.5 Å². The second kappa shape index (κ2) is 5.47. The standard InChI is InChI=1S/C12H9Cl2FN2O2S/c13-8-5-7(15)6-9(14)12(8)17-20(18,19)11-4-2-1-3-10(11)16/h1-6,17H,16H2. The molecule has 2 aromatic carbocycles. The first-order valence-corrected chi connectivity index (χ1v) is 7.57. The predicted octanol–water partition coefficient (Wildman–Crippen LogP) is 3.52. The number of para-hydroxylation sites is 1. The molecule has 106 valence electrons. The summed E-state index contributed by atoms with van der Waals surface area (Å²) in [4.78, 5) is -0.114. The molecule has 2 aromatic rings. The molecule has 0 radical (unpaired) electrons. The summed E-state index contributed by atoms with van der Waals surface area (Å²) in [5, 5.41) is -0.291. The Morgan fingerprint density at radius 2 is 1.65 bits per heavy atom. The highest BCUT2D eigenvalue weighted by atomic mass is 35.5. The van der Waals surface area contributed by atoms with Crippen LogP contribution in [0.2, 0.25) is 10.0 Å². The lowest BCUT2D eigenvalue weighted by molar-refractivity contribution is 0.601. The van der Waals surface area contributed by atoms with Gasteiger partial charge < -0.3 is 5.73 Å². The highest BCUT2D eigenvalue weighted by molar-refractivity contribution is 7.93. The van der Waals surface area contributed by atoms with Gasteiger partial charge in [0.1, 0.15) is 10.7 Å². The van der Waals surface area contributed by atoms with Crippen molar-refractivity contribution in [3.05, 3.63) is 52.3 Å². The lowest BCUT2D eigenvalue weighted by Crippen LogP contribution is -2.15. The van der Waals surface area contributed by atoms with E-state index in [1.165, 1.54) is 18.2 Å². The Morgan fingerprint density at radius 3 is 2.20 bits per heavy atom. The Kier molecular flexibility index (Phi) is 4.08. The van der Waals surface area contributed by atoms with E-state index in [9.17, 15) is 12.8 Å². The van der Waals surface area contributed by atoms with Crippen LogP contribution in [0.15, 0.2) is 41.3 Å². The zero-order valence-corrected chi connectivity index (χ0v) is 12.2. The van der Waals surface area contributed by atoms with Gasteiger partial charge >= 0.3 is 0 Å². The first-order chi connectivity index (χ1) is 9.31. The maximum Gasteiger partial charge on any atom is 0.264 e. The first-order valence-electron chi connectivity index (χ1n) is 5.33. The molecular formula is C12H9Cl2FN2O2S. The lowest BCUT2D eigenvalue weighted by atomic mass is 10.3. The summed E-state index contributed by atoms with van der Waals surface area (Å²) in [6, 6.07) is 7.83. The van der Waals surface area contributed by atoms with Crippen LogP contribution in [0, 0.1) is 5.82 Å². The zero-order valence-electron chi connectivity index (χ0n) is 9.90. The van der Waals surface area contributed by atoms with Gasteiger partial charge in [-0.05, 0) is 24.3 Å². The van der Waals surface area contributed by atoms with E-state index in [1.54, 1.807) is 6.07 Å². The molecule has 0 aliphatic rings. The Bertz CT molecular complexity index is 743. The van der Waals surface area contributed by atoms with Crippen LogP contribution in [0.4, 0.5) is 15.8 Å². The van der Waals surface area contributed by atoms with Crippen LogP contribution in [-0.4, -0.2) is 8.42 Å². The van der Waals surface area contributed by atoms with E-state index in [0.717, 1.165) is 12.1 Å². The summed E-state index contributed by atoms with van der Waals surface area (Å²) in [7, 11) is -3.97. The van der Waals surface area contributed by atoms with Crippen molar-refractivity contribution in [3.63, 3.8) is 0 Å². The van der Waals surface area contributed by atoms with Gasteiger partial charge in [0.05, 0.1) is 21.4 Å². The number of halogens is 3. The minimum absolute atomic E-state index is 0.0781. The van der Waals surface area contributed by atoms with Crippen molar-refractivity contribution < 1.29 is 12.8 Å². The summed E-state index contributed by atoms with van der Waals surface area (Å²) < 4.78 is 39.7. The van der Waals surface area contributed by atoms with Crippen molar-refractivity contribution in [2.24, 2.45) is 0 Å². The number of sulfonamides is 1. The van der Waals surface area contributed by atoms with Crippen LogP contribution in [0.5, 0.6) is 0 Å². The van der Waals surface area contributed by atoms with Crippen molar-refractivity contribution in [1.82, 2.24) is 0 Å². The molecule has 4 nitrogen and oxygen atoms in total. The molecule has 0 aliphatic heterocycles. The smallest absolute Gasteiger partial charge is 0.264 e. The van der Waals surface area contributed by atoms with E-state index in [2.05, 4.69) is 4.72 Å². The van der Waals surface area contributed by atoms with Gasteiger partial charge in [0.15, 0.2) is 0 Å². The number of rotatable bonds is 3. The molecule has 0 atom stereocenters. The number of nitrogen functional groups attached to an aromatic ring is 1. The maximum atomic E-state index is 13.1. The van der Waals surface area contributed by atoms with Gasteiger partial charge in [-0.15, -0.1) is 0 Å². The Balaban J connectivity index is 2.47. The van der Waals surface area contributed by atoms with E-state index in [4.69, 9.17) is 28.9 Å². The molecule has 3 N–H and O–H groups in total. The third kappa shape index (κ3) is 2.98. The van der Waals surface area contributed by atoms with Crippen molar-refractivity contribution in [1.29, 1.82) is 0 Å². The Hall–Kier alpha value is -1.50. The van der Waals surface area contributed by atoms with Gasteiger partial charge in [-0.1, -0.05) is 35.3 Å². The van der Waals surface area contributed by atoms with Crippen molar-refractivity contribution in [3.8, 4) is 0 Å². The fourth-order valence-electron chi connectivity index (χ4n) is 1.55. The average molecular weight is 335 g/mol. The molecule has 0 aromatic heterocycles. The van der Waals surface area contributed by atoms with Crippen LogP contribution in [0.3, 0.4) is 0 Å². The summed E-state index contributed by atoms with van der Waals surface area (Å²) in [5.74, 6) is -0.665. The molecule has 0 bridgehead atoms. The molecule has 20 heavy (non-hydrogen) atoms. The molecular weight excluding hydrogens is 326 g/mol. The summed E-state index contributed by atoms with van der Waals surface area (Å²) in [5.41, 5.74) is 5.59. The number of nitrogens with one attached hydrogen (secondary N) is 1. The molecule has 0 spiro atoms. The number of nitrogens with two attached hydrogens (primary N) is 1. The number of anilines is 2. The van der Waals surface area contributed by atoms with Gasteiger partial charge in [-0.2, -0.15) is 0 Å². The average Bonchev–Trinajstić information content (AvgIpc) is 2.34.